The van der Waals surface area contributed by atoms with Gasteiger partial charge in [0.2, 0.25) is 0 Å². The van der Waals surface area contributed by atoms with Crippen LogP contribution in [0.4, 0.5) is 0 Å². The Bertz CT molecular complexity index is 462. The van der Waals surface area contributed by atoms with Crippen LogP contribution >= 0.6 is 0 Å². The lowest BCUT2D eigenvalue weighted by Crippen LogP contribution is -2.02. The predicted octanol–water partition coefficient (Wildman–Crippen LogP) is 1.70. The first kappa shape index (κ1) is 8.57. The number of aromatic nitrogens is 2. The summed E-state index contributed by atoms with van der Waals surface area (Å²) in [5.74, 6) is 0.834. The summed E-state index contributed by atoms with van der Waals surface area (Å²) in [6.07, 6.45) is 1.62. The molecule has 2 aromatic heterocycles. The summed E-state index contributed by atoms with van der Waals surface area (Å²) in [6.45, 7) is 2.48. The Morgan fingerprint density at radius 2 is 2.50 bits per heavy atom. The minimum Gasteiger partial charge on any atom is -0.467 e. The van der Waals surface area contributed by atoms with E-state index in [1.54, 1.807) is 17.0 Å². The Labute approximate surface area is 81.4 Å². The van der Waals surface area contributed by atoms with Crippen LogP contribution < -0.4 is 0 Å². The van der Waals surface area contributed by atoms with Crippen LogP contribution in [0.5, 0.6) is 0 Å². The standard InChI is InChI=1S/C10H9N3O/c1-8-5-9(6-11)12-13(8)7-10-3-2-4-14-10/h2-5H,7H2,1H3. The van der Waals surface area contributed by atoms with Crippen molar-refractivity contribution >= 4 is 0 Å². The molecule has 0 aromatic carbocycles. The maximum absolute atomic E-state index is 8.65. The number of hydrogen-bond acceptors (Lipinski definition) is 3. The SMILES string of the molecule is Cc1cc(C#N)nn1Cc1ccco1. The summed E-state index contributed by atoms with van der Waals surface area (Å²) >= 11 is 0. The number of rotatable bonds is 2. The highest BCUT2D eigenvalue weighted by atomic mass is 16.3. The Kier molecular flexibility index (Phi) is 2.07. The highest BCUT2D eigenvalue weighted by Gasteiger charge is 2.04. The predicted molar refractivity (Wildman–Crippen MR) is 49.5 cm³/mol. The van der Waals surface area contributed by atoms with Crippen LogP contribution in [-0.2, 0) is 6.54 Å². The molecule has 4 nitrogen and oxygen atoms in total. The third-order valence-electron chi connectivity index (χ3n) is 1.98. The van der Waals surface area contributed by atoms with Crippen LogP contribution in [0, 0.1) is 18.3 Å². The minimum atomic E-state index is 0.439. The monoisotopic (exact) mass is 187 g/mol. The molecular weight excluding hydrogens is 178 g/mol. The van der Waals surface area contributed by atoms with E-state index in [1.165, 1.54) is 0 Å². The average molecular weight is 187 g/mol. The number of furan rings is 1. The van der Waals surface area contributed by atoms with Gasteiger partial charge < -0.3 is 4.42 Å². The van der Waals surface area contributed by atoms with Gasteiger partial charge in [-0.05, 0) is 25.1 Å². The fourth-order valence-electron chi connectivity index (χ4n) is 1.28. The van der Waals surface area contributed by atoms with E-state index in [-0.39, 0.29) is 0 Å². The van der Waals surface area contributed by atoms with Gasteiger partial charge in [-0.2, -0.15) is 10.4 Å². The Hall–Kier alpha value is -2.02. The van der Waals surface area contributed by atoms with Gasteiger partial charge in [0.15, 0.2) is 5.69 Å². The van der Waals surface area contributed by atoms with E-state index in [1.807, 2.05) is 25.1 Å². The van der Waals surface area contributed by atoms with Gasteiger partial charge in [-0.3, -0.25) is 4.68 Å². The lowest BCUT2D eigenvalue weighted by atomic mass is 10.4. The van der Waals surface area contributed by atoms with E-state index < -0.39 is 0 Å². The summed E-state index contributed by atoms with van der Waals surface area (Å²) in [4.78, 5) is 0. The molecule has 0 amide bonds. The maximum atomic E-state index is 8.65. The molecule has 0 aliphatic carbocycles. The highest BCUT2D eigenvalue weighted by Crippen LogP contribution is 2.07. The van der Waals surface area contributed by atoms with Gasteiger partial charge >= 0.3 is 0 Å². The molecule has 2 rings (SSSR count). The molecule has 0 saturated carbocycles. The molecule has 0 aliphatic rings. The summed E-state index contributed by atoms with van der Waals surface area (Å²) in [5, 5.41) is 12.8. The lowest BCUT2D eigenvalue weighted by Gasteiger charge is -1.99. The van der Waals surface area contributed by atoms with Gasteiger partial charge in [0, 0.05) is 5.69 Å². The molecule has 0 atom stereocenters. The summed E-state index contributed by atoms with van der Waals surface area (Å²) < 4.78 is 6.94. The molecule has 4 heteroatoms. The van der Waals surface area contributed by atoms with E-state index >= 15 is 0 Å². The molecule has 0 saturated heterocycles. The second-order valence-electron chi connectivity index (χ2n) is 3.02. The van der Waals surface area contributed by atoms with Gasteiger partial charge in [-0.25, -0.2) is 0 Å². The Morgan fingerprint density at radius 3 is 3.07 bits per heavy atom. The van der Waals surface area contributed by atoms with E-state index in [4.69, 9.17) is 9.68 Å². The Morgan fingerprint density at radius 1 is 1.64 bits per heavy atom. The maximum Gasteiger partial charge on any atom is 0.162 e. The number of nitrogens with zero attached hydrogens (tertiary/aromatic N) is 3. The minimum absolute atomic E-state index is 0.439. The van der Waals surface area contributed by atoms with E-state index in [9.17, 15) is 0 Å². The van der Waals surface area contributed by atoms with E-state index in [0.717, 1.165) is 11.5 Å². The van der Waals surface area contributed by atoms with Gasteiger partial charge in [0.25, 0.3) is 0 Å². The molecule has 0 bridgehead atoms. The van der Waals surface area contributed by atoms with Crippen molar-refractivity contribution in [3.63, 3.8) is 0 Å². The number of nitriles is 1. The van der Waals surface area contributed by atoms with Crippen LogP contribution in [-0.4, -0.2) is 9.78 Å². The normalized spacial score (nSPS) is 10.0. The van der Waals surface area contributed by atoms with Crippen molar-refractivity contribution in [1.82, 2.24) is 9.78 Å². The zero-order chi connectivity index (χ0) is 9.97. The first-order chi connectivity index (χ1) is 6.79. The zero-order valence-electron chi connectivity index (χ0n) is 7.77. The molecule has 0 aliphatic heterocycles. The summed E-state index contributed by atoms with van der Waals surface area (Å²) in [6, 6.07) is 7.47. The van der Waals surface area contributed by atoms with Crippen LogP contribution in [0.3, 0.4) is 0 Å². The molecule has 2 aromatic rings. The van der Waals surface area contributed by atoms with Crippen molar-refractivity contribution in [2.75, 3.05) is 0 Å². The quantitative estimate of drug-likeness (QED) is 0.719. The van der Waals surface area contributed by atoms with Crippen LogP contribution in [0.15, 0.2) is 28.9 Å². The van der Waals surface area contributed by atoms with Crippen LogP contribution in [0.2, 0.25) is 0 Å². The third-order valence-corrected chi connectivity index (χ3v) is 1.98. The molecule has 2 heterocycles. The zero-order valence-corrected chi connectivity index (χ0v) is 7.77. The molecule has 0 unspecified atom stereocenters. The van der Waals surface area contributed by atoms with E-state index in [0.29, 0.717) is 12.2 Å². The molecule has 14 heavy (non-hydrogen) atoms. The first-order valence-electron chi connectivity index (χ1n) is 4.26. The average Bonchev–Trinajstić information content (AvgIpc) is 2.78. The first-order valence-corrected chi connectivity index (χ1v) is 4.26. The van der Waals surface area contributed by atoms with Crippen molar-refractivity contribution in [2.45, 2.75) is 13.5 Å². The molecule has 70 valence electrons. The van der Waals surface area contributed by atoms with Crippen molar-refractivity contribution in [2.24, 2.45) is 0 Å². The van der Waals surface area contributed by atoms with Crippen molar-refractivity contribution in [1.29, 1.82) is 5.26 Å². The van der Waals surface area contributed by atoms with Gasteiger partial charge in [0.1, 0.15) is 11.8 Å². The van der Waals surface area contributed by atoms with Crippen molar-refractivity contribution < 1.29 is 4.42 Å². The van der Waals surface area contributed by atoms with Gasteiger partial charge in [-0.1, -0.05) is 0 Å². The lowest BCUT2D eigenvalue weighted by molar-refractivity contribution is 0.476. The van der Waals surface area contributed by atoms with Gasteiger partial charge in [0.05, 0.1) is 12.8 Å². The molecule has 0 spiro atoms. The third kappa shape index (κ3) is 1.52. The van der Waals surface area contributed by atoms with Crippen LogP contribution in [0.1, 0.15) is 17.1 Å². The fraction of sp³-hybridized carbons (Fsp3) is 0.200. The molecular formula is C10H9N3O. The summed E-state index contributed by atoms with van der Waals surface area (Å²) in [7, 11) is 0. The molecule has 0 fully saturated rings. The van der Waals surface area contributed by atoms with Gasteiger partial charge in [-0.15, -0.1) is 0 Å². The van der Waals surface area contributed by atoms with Crippen LogP contribution in [0.25, 0.3) is 0 Å². The highest BCUT2D eigenvalue weighted by molar-refractivity contribution is 5.22. The van der Waals surface area contributed by atoms with Crippen molar-refractivity contribution in [3.05, 3.63) is 41.6 Å². The second-order valence-corrected chi connectivity index (χ2v) is 3.02. The fourth-order valence-corrected chi connectivity index (χ4v) is 1.28. The summed E-state index contributed by atoms with van der Waals surface area (Å²) in [5.41, 5.74) is 1.40. The topological polar surface area (TPSA) is 54.8 Å². The number of hydrogen-bond donors (Lipinski definition) is 0. The Balaban J connectivity index is 2.26. The number of aryl methyl sites for hydroxylation is 1. The van der Waals surface area contributed by atoms with E-state index in [2.05, 4.69) is 5.10 Å². The largest absolute Gasteiger partial charge is 0.467 e. The van der Waals surface area contributed by atoms with Crippen molar-refractivity contribution in [3.8, 4) is 6.07 Å². The molecule has 0 radical (unpaired) electrons. The second kappa shape index (κ2) is 3.38. The smallest absolute Gasteiger partial charge is 0.162 e. The molecule has 0 N–H and O–H groups in total.